The predicted molar refractivity (Wildman–Crippen MR) is 75.8 cm³/mol. The minimum Gasteiger partial charge on any atom is -0.206 e. The van der Waals surface area contributed by atoms with Gasteiger partial charge in [-0.15, -0.1) is 0 Å². The van der Waals surface area contributed by atoms with Gasteiger partial charge in [-0.2, -0.15) is 0 Å². The fraction of sp³-hybridized carbons (Fsp3) is 0.143. The van der Waals surface area contributed by atoms with E-state index in [2.05, 4.69) is 31.9 Å². The van der Waals surface area contributed by atoms with Crippen LogP contribution in [0.3, 0.4) is 0 Å². The summed E-state index contributed by atoms with van der Waals surface area (Å²) in [6.45, 7) is 0. The van der Waals surface area contributed by atoms with E-state index in [0.717, 1.165) is 17.7 Å². The molecule has 2 rings (SSSR count). The standard InChI is InChI=1S/C14H9Br2F3/c15-10(9-2-1-3-12(18)14(9)16)6-8-4-5-11(17)13(19)7-8/h1-5,7,10H,6H2. The number of halogens is 5. The minimum absolute atomic E-state index is 0.192. The van der Waals surface area contributed by atoms with Crippen LogP contribution in [0.4, 0.5) is 13.2 Å². The van der Waals surface area contributed by atoms with Crippen LogP contribution in [0.25, 0.3) is 0 Å². The highest BCUT2D eigenvalue weighted by Gasteiger charge is 2.15. The van der Waals surface area contributed by atoms with Crippen molar-refractivity contribution in [3.05, 3.63) is 69.4 Å². The predicted octanol–water partition coefficient (Wildman–Crippen LogP) is 5.55. The van der Waals surface area contributed by atoms with Gasteiger partial charge >= 0.3 is 0 Å². The first-order chi connectivity index (χ1) is 8.99. The summed E-state index contributed by atoms with van der Waals surface area (Å²) in [7, 11) is 0. The Morgan fingerprint density at radius 1 is 0.947 bits per heavy atom. The van der Waals surface area contributed by atoms with Crippen molar-refractivity contribution in [3.63, 3.8) is 0 Å². The summed E-state index contributed by atoms with van der Waals surface area (Å²) in [4.78, 5) is -0.192. The summed E-state index contributed by atoms with van der Waals surface area (Å²) in [6, 6.07) is 8.48. The Labute approximate surface area is 125 Å². The topological polar surface area (TPSA) is 0 Å². The van der Waals surface area contributed by atoms with E-state index in [-0.39, 0.29) is 10.6 Å². The zero-order valence-corrected chi connectivity index (χ0v) is 12.8. The molecule has 1 atom stereocenters. The molecule has 0 radical (unpaired) electrons. The van der Waals surface area contributed by atoms with Gasteiger partial charge in [0.2, 0.25) is 0 Å². The molecular formula is C14H9Br2F3. The highest BCUT2D eigenvalue weighted by Crippen LogP contribution is 2.34. The smallest absolute Gasteiger partial charge is 0.159 e. The van der Waals surface area contributed by atoms with Crippen LogP contribution >= 0.6 is 31.9 Å². The molecular weight excluding hydrogens is 385 g/mol. The highest BCUT2D eigenvalue weighted by molar-refractivity contribution is 9.11. The van der Waals surface area contributed by atoms with Crippen molar-refractivity contribution < 1.29 is 13.2 Å². The molecule has 0 aliphatic rings. The molecule has 0 aromatic heterocycles. The lowest BCUT2D eigenvalue weighted by Gasteiger charge is -2.13. The molecule has 0 bridgehead atoms. The number of rotatable bonds is 3. The highest BCUT2D eigenvalue weighted by atomic mass is 79.9. The molecule has 0 aliphatic carbocycles. The second kappa shape index (κ2) is 6.09. The van der Waals surface area contributed by atoms with E-state index in [1.807, 2.05) is 0 Å². The first-order valence-electron chi connectivity index (χ1n) is 5.51. The van der Waals surface area contributed by atoms with Gasteiger partial charge < -0.3 is 0 Å². The third kappa shape index (κ3) is 3.39. The van der Waals surface area contributed by atoms with Crippen LogP contribution in [0.5, 0.6) is 0 Å². The van der Waals surface area contributed by atoms with Gasteiger partial charge in [0.05, 0.1) is 4.47 Å². The summed E-state index contributed by atoms with van der Waals surface area (Å²) >= 11 is 6.62. The number of alkyl halides is 1. The van der Waals surface area contributed by atoms with E-state index < -0.39 is 11.6 Å². The fourth-order valence-corrected chi connectivity index (χ4v) is 3.35. The lowest BCUT2D eigenvalue weighted by Crippen LogP contribution is -1.99. The number of benzene rings is 2. The Bertz CT molecular complexity index is 599. The van der Waals surface area contributed by atoms with Gasteiger partial charge in [0, 0.05) is 4.83 Å². The van der Waals surface area contributed by atoms with Crippen LogP contribution in [0.15, 0.2) is 40.9 Å². The molecule has 0 fully saturated rings. The van der Waals surface area contributed by atoms with Gasteiger partial charge in [-0.05, 0) is 51.7 Å². The van der Waals surface area contributed by atoms with Crippen molar-refractivity contribution in [2.24, 2.45) is 0 Å². The molecule has 2 aromatic rings. The van der Waals surface area contributed by atoms with Crippen molar-refractivity contribution in [1.29, 1.82) is 0 Å². The molecule has 19 heavy (non-hydrogen) atoms. The van der Waals surface area contributed by atoms with Crippen LogP contribution in [0, 0.1) is 17.5 Å². The molecule has 1 unspecified atom stereocenters. The molecule has 5 heteroatoms. The maximum atomic E-state index is 13.4. The Balaban J connectivity index is 2.23. The molecule has 2 aromatic carbocycles. The second-order valence-corrected chi connectivity index (χ2v) is 5.96. The van der Waals surface area contributed by atoms with Gasteiger partial charge in [0.1, 0.15) is 5.82 Å². The van der Waals surface area contributed by atoms with Crippen LogP contribution in [-0.4, -0.2) is 0 Å². The SMILES string of the molecule is Fc1ccc(CC(Br)c2cccc(F)c2Br)cc1F. The van der Waals surface area contributed by atoms with Gasteiger partial charge in [-0.25, -0.2) is 13.2 Å². The Kier molecular flexibility index (Phi) is 4.68. The Hall–Kier alpha value is -0.810. The minimum atomic E-state index is -0.879. The van der Waals surface area contributed by atoms with E-state index in [9.17, 15) is 13.2 Å². The monoisotopic (exact) mass is 392 g/mol. The van der Waals surface area contributed by atoms with Gasteiger partial charge in [-0.3, -0.25) is 0 Å². The quantitative estimate of drug-likeness (QED) is 0.600. The second-order valence-electron chi connectivity index (χ2n) is 4.06. The van der Waals surface area contributed by atoms with Crippen molar-refractivity contribution in [2.75, 3.05) is 0 Å². The van der Waals surface area contributed by atoms with Crippen LogP contribution in [0.1, 0.15) is 16.0 Å². The van der Waals surface area contributed by atoms with Crippen LogP contribution in [0.2, 0.25) is 0 Å². The average Bonchev–Trinajstić information content (AvgIpc) is 2.37. The zero-order chi connectivity index (χ0) is 14.0. The summed E-state index contributed by atoms with van der Waals surface area (Å²) < 4.78 is 39.7. The van der Waals surface area contributed by atoms with Gasteiger partial charge in [0.25, 0.3) is 0 Å². The lowest BCUT2D eigenvalue weighted by molar-refractivity contribution is 0.507. The first-order valence-corrected chi connectivity index (χ1v) is 7.22. The number of hydrogen-bond donors (Lipinski definition) is 0. The summed E-state index contributed by atoms with van der Waals surface area (Å²) in [5.74, 6) is -2.11. The van der Waals surface area contributed by atoms with Crippen molar-refractivity contribution in [3.8, 4) is 0 Å². The lowest BCUT2D eigenvalue weighted by atomic mass is 10.0. The Morgan fingerprint density at radius 2 is 1.68 bits per heavy atom. The van der Waals surface area contributed by atoms with Gasteiger partial charge in [0.15, 0.2) is 11.6 Å². The van der Waals surface area contributed by atoms with Crippen molar-refractivity contribution in [1.82, 2.24) is 0 Å². The summed E-state index contributed by atoms with van der Waals surface area (Å²) in [5, 5.41) is 0. The Morgan fingerprint density at radius 3 is 2.37 bits per heavy atom. The molecule has 0 nitrogen and oxygen atoms in total. The van der Waals surface area contributed by atoms with E-state index in [1.165, 1.54) is 12.1 Å². The maximum absolute atomic E-state index is 13.4. The fourth-order valence-electron chi connectivity index (χ4n) is 1.75. The first kappa shape index (κ1) is 14.6. The molecule has 0 aliphatic heterocycles. The number of hydrogen-bond acceptors (Lipinski definition) is 0. The average molecular weight is 394 g/mol. The van der Waals surface area contributed by atoms with Crippen molar-refractivity contribution >= 4 is 31.9 Å². The largest absolute Gasteiger partial charge is 0.206 e. The summed E-state index contributed by atoms with van der Waals surface area (Å²) in [6.07, 6.45) is 0.430. The van der Waals surface area contributed by atoms with Gasteiger partial charge in [-0.1, -0.05) is 34.1 Å². The van der Waals surface area contributed by atoms with E-state index >= 15 is 0 Å². The molecule has 0 amide bonds. The molecule has 0 spiro atoms. The molecule has 0 heterocycles. The molecule has 0 saturated carbocycles. The zero-order valence-electron chi connectivity index (χ0n) is 9.64. The van der Waals surface area contributed by atoms with E-state index in [1.54, 1.807) is 12.1 Å². The third-order valence-corrected chi connectivity index (χ3v) is 4.37. The molecule has 100 valence electrons. The summed E-state index contributed by atoms with van der Waals surface area (Å²) in [5.41, 5.74) is 1.36. The van der Waals surface area contributed by atoms with Crippen LogP contribution in [-0.2, 0) is 6.42 Å². The third-order valence-electron chi connectivity index (χ3n) is 2.72. The van der Waals surface area contributed by atoms with E-state index in [4.69, 9.17) is 0 Å². The molecule has 0 N–H and O–H groups in total. The normalized spacial score (nSPS) is 12.5. The van der Waals surface area contributed by atoms with Crippen molar-refractivity contribution in [2.45, 2.75) is 11.2 Å². The maximum Gasteiger partial charge on any atom is 0.159 e. The molecule has 0 saturated heterocycles. The van der Waals surface area contributed by atoms with Crippen LogP contribution < -0.4 is 0 Å². The van der Waals surface area contributed by atoms with E-state index in [0.29, 0.717) is 16.5 Å².